The van der Waals surface area contributed by atoms with Crippen molar-refractivity contribution in [2.45, 2.75) is 0 Å². The average molecular weight is 315 g/mol. The third kappa shape index (κ3) is 2.83. The van der Waals surface area contributed by atoms with Crippen LogP contribution in [0.2, 0.25) is 0 Å². The molecule has 0 saturated heterocycles. The number of thiophene rings is 1. The number of carbonyl (C=O) groups excluding carboxylic acids is 1. The van der Waals surface area contributed by atoms with Crippen molar-refractivity contribution in [1.29, 1.82) is 0 Å². The van der Waals surface area contributed by atoms with Crippen molar-refractivity contribution >= 4 is 44.5 Å². The van der Waals surface area contributed by atoms with Gasteiger partial charge in [-0.05, 0) is 40.2 Å². The average Bonchev–Trinajstić information content (AvgIpc) is 2.69. The predicted molar refractivity (Wildman–Crippen MR) is 70.8 cm³/mol. The molecule has 2 aromatic rings. The highest BCUT2D eigenvalue weighted by molar-refractivity contribution is 9.11. The molecule has 0 unspecified atom stereocenters. The van der Waals surface area contributed by atoms with Crippen LogP contribution in [0.3, 0.4) is 0 Å². The number of nitrogens with two attached hydrogens (primary N) is 1. The molecule has 1 amide bonds. The Bertz CT molecular complexity index is 570. The number of carbonyl (C=O) groups is 1. The molecule has 0 fully saturated rings. The van der Waals surface area contributed by atoms with Gasteiger partial charge in [0.1, 0.15) is 5.82 Å². The number of hydrogen-bond donors (Lipinski definition) is 2. The maximum absolute atomic E-state index is 13.4. The van der Waals surface area contributed by atoms with Crippen LogP contribution in [-0.2, 0) is 0 Å². The number of benzene rings is 1. The first kappa shape index (κ1) is 12.1. The van der Waals surface area contributed by atoms with Gasteiger partial charge in [0.15, 0.2) is 0 Å². The molecule has 1 aromatic heterocycles. The van der Waals surface area contributed by atoms with Gasteiger partial charge in [-0.25, -0.2) is 4.39 Å². The van der Waals surface area contributed by atoms with Crippen molar-refractivity contribution in [3.63, 3.8) is 0 Å². The summed E-state index contributed by atoms with van der Waals surface area (Å²) in [4.78, 5) is 11.7. The topological polar surface area (TPSA) is 55.1 Å². The molecule has 3 nitrogen and oxygen atoms in total. The molecule has 0 radical (unpaired) electrons. The summed E-state index contributed by atoms with van der Waals surface area (Å²) < 4.78 is 14.3. The zero-order valence-corrected chi connectivity index (χ0v) is 10.9. The van der Waals surface area contributed by atoms with Crippen molar-refractivity contribution in [3.8, 4) is 0 Å². The van der Waals surface area contributed by atoms with Gasteiger partial charge in [-0.1, -0.05) is 0 Å². The van der Waals surface area contributed by atoms with Crippen LogP contribution in [0.25, 0.3) is 0 Å². The fourth-order valence-electron chi connectivity index (χ4n) is 1.26. The van der Waals surface area contributed by atoms with Gasteiger partial charge in [0, 0.05) is 11.1 Å². The third-order valence-corrected chi connectivity index (χ3v) is 3.58. The van der Waals surface area contributed by atoms with Crippen LogP contribution < -0.4 is 11.1 Å². The summed E-state index contributed by atoms with van der Waals surface area (Å²) in [6.45, 7) is 0. The Hall–Kier alpha value is -1.40. The van der Waals surface area contributed by atoms with Crippen LogP contribution in [0.15, 0.2) is 33.4 Å². The summed E-state index contributed by atoms with van der Waals surface area (Å²) >= 11 is 4.65. The Morgan fingerprint density at radius 3 is 2.76 bits per heavy atom. The fourth-order valence-corrected chi connectivity index (χ4v) is 2.39. The molecule has 0 aliphatic carbocycles. The lowest BCUT2D eigenvalue weighted by atomic mass is 10.2. The normalized spacial score (nSPS) is 10.2. The number of amides is 1. The fraction of sp³-hybridized carbons (Fsp3) is 0. The molecular formula is C11H8BrFN2OS. The number of halogens is 2. The maximum Gasteiger partial charge on any atom is 0.256 e. The molecule has 1 heterocycles. The van der Waals surface area contributed by atoms with Gasteiger partial charge < -0.3 is 11.1 Å². The third-order valence-electron chi connectivity index (χ3n) is 2.07. The Balaban J connectivity index is 2.18. The number of nitrogen functional groups attached to an aromatic ring is 1. The summed E-state index contributed by atoms with van der Waals surface area (Å²) in [5, 5.41) is 4.17. The van der Waals surface area contributed by atoms with Gasteiger partial charge in [-0.15, -0.1) is 11.3 Å². The largest absolute Gasteiger partial charge is 0.399 e. The second-order valence-electron chi connectivity index (χ2n) is 3.33. The molecule has 0 aliphatic rings. The van der Waals surface area contributed by atoms with E-state index in [9.17, 15) is 9.18 Å². The van der Waals surface area contributed by atoms with Crippen LogP contribution in [0.1, 0.15) is 10.4 Å². The second kappa shape index (κ2) is 4.85. The number of rotatable bonds is 2. The molecular weight excluding hydrogens is 307 g/mol. The highest BCUT2D eigenvalue weighted by Crippen LogP contribution is 2.22. The zero-order chi connectivity index (χ0) is 12.4. The van der Waals surface area contributed by atoms with Crippen molar-refractivity contribution in [1.82, 2.24) is 0 Å². The van der Waals surface area contributed by atoms with E-state index in [2.05, 4.69) is 21.2 Å². The first-order chi connectivity index (χ1) is 8.06. The van der Waals surface area contributed by atoms with Gasteiger partial charge in [0.05, 0.1) is 15.0 Å². The minimum atomic E-state index is -0.548. The highest BCUT2D eigenvalue weighted by atomic mass is 79.9. The van der Waals surface area contributed by atoms with Gasteiger partial charge in [-0.2, -0.15) is 0 Å². The lowest BCUT2D eigenvalue weighted by Gasteiger charge is -2.05. The summed E-state index contributed by atoms with van der Waals surface area (Å²) in [5.41, 5.74) is 6.34. The first-order valence-electron chi connectivity index (χ1n) is 4.66. The number of hydrogen-bond acceptors (Lipinski definition) is 3. The van der Waals surface area contributed by atoms with Crippen LogP contribution in [0, 0.1) is 5.82 Å². The molecule has 0 atom stereocenters. The van der Waals surface area contributed by atoms with Crippen LogP contribution in [-0.4, -0.2) is 5.91 Å². The second-order valence-corrected chi connectivity index (χ2v) is 5.62. The Kier molecular flexibility index (Phi) is 3.44. The van der Waals surface area contributed by atoms with E-state index in [4.69, 9.17) is 5.73 Å². The summed E-state index contributed by atoms with van der Waals surface area (Å²) in [5.74, 6) is -0.900. The zero-order valence-electron chi connectivity index (χ0n) is 8.54. The van der Waals surface area contributed by atoms with E-state index in [-0.39, 0.29) is 11.6 Å². The minimum Gasteiger partial charge on any atom is -0.399 e. The Morgan fingerprint density at radius 2 is 2.18 bits per heavy atom. The molecule has 17 heavy (non-hydrogen) atoms. The summed E-state index contributed by atoms with van der Waals surface area (Å²) in [6.07, 6.45) is 0. The van der Waals surface area contributed by atoms with Crippen molar-refractivity contribution in [2.75, 3.05) is 11.1 Å². The minimum absolute atomic E-state index is 0.117. The van der Waals surface area contributed by atoms with E-state index in [1.165, 1.54) is 29.5 Å². The molecule has 3 N–H and O–H groups in total. The van der Waals surface area contributed by atoms with Gasteiger partial charge in [0.2, 0.25) is 0 Å². The molecule has 2 rings (SSSR count). The molecule has 1 aromatic carbocycles. The SMILES string of the molecule is Nc1ccc(NC(=O)c2csc(Br)c2)c(F)c1. The van der Waals surface area contributed by atoms with Gasteiger partial charge in [-0.3, -0.25) is 4.79 Å². The van der Waals surface area contributed by atoms with Crippen LogP contribution in [0.5, 0.6) is 0 Å². The molecule has 6 heteroatoms. The van der Waals surface area contributed by atoms with E-state index in [1.807, 2.05) is 0 Å². The van der Waals surface area contributed by atoms with Crippen LogP contribution in [0.4, 0.5) is 15.8 Å². The van der Waals surface area contributed by atoms with Crippen molar-refractivity contribution in [2.24, 2.45) is 0 Å². The number of nitrogens with one attached hydrogen (secondary N) is 1. The predicted octanol–water partition coefficient (Wildman–Crippen LogP) is 3.48. The Labute approximate surface area is 110 Å². The smallest absolute Gasteiger partial charge is 0.256 e. The van der Waals surface area contributed by atoms with E-state index in [1.54, 1.807) is 11.4 Å². The standard InChI is InChI=1S/C11H8BrFN2OS/c12-10-3-6(5-17-10)11(16)15-9-2-1-7(14)4-8(9)13/h1-5H,14H2,(H,15,16). The van der Waals surface area contributed by atoms with E-state index in [0.717, 1.165) is 3.79 Å². The monoisotopic (exact) mass is 314 g/mol. The lowest BCUT2D eigenvalue weighted by molar-refractivity contribution is 0.102. The van der Waals surface area contributed by atoms with Gasteiger partial charge in [0.25, 0.3) is 5.91 Å². The van der Waals surface area contributed by atoms with E-state index < -0.39 is 5.82 Å². The van der Waals surface area contributed by atoms with Gasteiger partial charge >= 0.3 is 0 Å². The van der Waals surface area contributed by atoms with Crippen molar-refractivity contribution in [3.05, 3.63) is 44.8 Å². The first-order valence-corrected chi connectivity index (χ1v) is 6.34. The number of anilines is 2. The Morgan fingerprint density at radius 1 is 1.41 bits per heavy atom. The molecule has 0 bridgehead atoms. The molecule has 0 aliphatic heterocycles. The van der Waals surface area contributed by atoms with Crippen LogP contribution >= 0.6 is 27.3 Å². The molecule has 88 valence electrons. The molecule has 0 spiro atoms. The molecule has 0 saturated carbocycles. The van der Waals surface area contributed by atoms with E-state index in [0.29, 0.717) is 11.3 Å². The summed E-state index contributed by atoms with van der Waals surface area (Å²) in [7, 11) is 0. The van der Waals surface area contributed by atoms with E-state index >= 15 is 0 Å². The summed E-state index contributed by atoms with van der Waals surface area (Å²) in [6, 6.07) is 5.81. The lowest BCUT2D eigenvalue weighted by Crippen LogP contribution is -2.12. The maximum atomic E-state index is 13.4. The van der Waals surface area contributed by atoms with Crippen molar-refractivity contribution < 1.29 is 9.18 Å². The highest BCUT2D eigenvalue weighted by Gasteiger charge is 2.10. The quantitative estimate of drug-likeness (QED) is 0.834.